The molecule has 0 saturated carbocycles. The largest absolute Gasteiger partial charge is 0.325 e. The number of benzene rings is 1. The van der Waals surface area contributed by atoms with Crippen molar-refractivity contribution in [1.29, 1.82) is 0 Å². The van der Waals surface area contributed by atoms with E-state index in [1.54, 1.807) is 12.4 Å². The summed E-state index contributed by atoms with van der Waals surface area (Å²) in [6, 6.07) is 11.7. The van der Waals surface area contributed by atoms with Gasteiger partial charge >= 0.3 is 0 Å². The highest BCUT2D eigenvalue weighted by Gasteiger charge is 2.13. The van der Waals surface area contributed by atoms with E-state index < -0.39 is 0 Å². The van der Waals surface area contributed by atoms with Crippen LogP contribution in [0.15, 0.2) is 53.9 Å². The van der Waals surface area contributed by atoms with Gasteiger partial charge in [0.1, 0.15) is 0 Å². The Bertz CT molecular complexity index is 875. The second-order valence-electron chi connectivity index (χ2n) is 6.22. The lowest BCUT2D eigenvalue weighted by molar-refractivity contribution is -0.113. The summed E-state index contributed by atoms with van der Waals surface area (Å²) >= 11 is 1.35. The zero-order chi connectivity index (χ0) is 18.5. The van der Waals surface area contributed by atoms with Crippen LogP contribution in [0.4, 0.5) is 5.69 Å². The monoisotopic (exact) mass is 367 g/mol. The highest BCUT2D eigenvalue weighted by molar-refractivity contribution is 7.99. The van der Waals surface area contributed by atoms with E-state index >= 15 is 0 Å². The summed E-state index contributed by atoms with van der Waals surface area (Å²) in [6.45, 7) is 4.29. The van der Waals surface area contributed by atoms with Gasteiger partial charge in [-0.05, 0) is 35.7 Å². The smallest absolute Gasteiger partial charge is 0.234 e. The molecule has 0 aliphatic carbocycles. The van der Waals surface area contributed by atoms with Crippen LogP contribution in [0.3, 0.4) is 0 Å². The number of hydrogen-bond donors (Lipinski definition) is 1. The van der Waals surface area contributed by atoms with Crippen LogP contribution >= 0.6 is 11.8 Å². The maximum atomic E-state index is 12.2. The van der Waals surface area contributed by atoms with Crippen LogP contribution in [0.2, 0.25) is 0 Å². The van der Waals surface area contributed by atoms with Crippen molar-refractivity contribution in [3.8, 4) is 11.4 Å². The minimum atomic E-state index is -0.0711. The van der Waals surface area contributed by atoms with Crippen molar-refractivity contribution in [1.82, 2.24) is 19.7 Å². The van der Waals surface area contributed by atoms with E-state index in [0.29, 0.717) is 11.1 Å². The number of thioether (sulfide) groups is 1. The van der Waals surface area contributed by atoms with E-state index in [-0.39, 0.29) is 11.7 Å². The molecule has 0 unspecified atom stereocenters. The highest BCUT2D eigenvalue weighted by Crippen LogP contribution is 2.22. The lowest BCUT2D eigenvalue weighted by atomic mass is 10.0. The molecule has 0 bridgehead atoms. The van der Waals surface area contributed by atoms with Gasteiger partial charge in [0.05, 0.1) is 5.75 Å². The van der Waals surface area contributed by atoms with Crippen molar-refractivity contribution in [2.45, 2.75) is 24.9 Å². The first-order chi connectivity index (χ1) is 12.5. The number of hydrogen-bond acceptors (Lipinski definition) is 5. The molecule has 26 heavy (non-hydrogen) atoms. The van der Waals surface area contributed by atoms with Crippen molar-refractivity contribution < 1.29 is 4.79 Å². The molecule has 6 nitrogen and oxygen atoms in total. The molecular formula is C19H21N5OS. The Balaban J connectivity index is 1.59. The van der Waals surface area contributed by atoms with Crippen LogP contribution < -0.4 is 5.32 Å². The molecule has 3 aromatic rings. The van der Waals surface area contributed by atoms with Gasteiger partial charge in [-0.2, -0.15) is 0 Å². The van der Waals surface area contributed by atoms with Gasteiger partial charge in [-0.15, -0.1) is 10.2 Å². The van der Waals surface area contributed by atoms with Crippen LogP contribution in [0, 0.1) is 0 Å². The summed E-state index contributed by atoms with van der Waals surface area (Å²) in [4.78, 5) is 16.3. The molecular weight excluding hydrogens is 346 g/mol. The molecule has 0 radical (unpaired) electrons. The lowest BCUT2D eigenvalue weighted by Crippen LogP contribution is -2.14. The van der Waals surface area contributed by atoms with Crippen molar-refractivity contribution in [3.05, 3.63) is 54.4 Å². The number of aromatic nitrogens is 4. The fraction of sp³-hybridized carbons (Fsp3) is 0.263. The zero-order valence-corrected chi connectivity index (χ0v) is 15.8. The Hall–Kier alpha value is -2.67. The average molecular weight is 367 g/mol. The van der Waals surface area contributed by atoms with Gasteiger partial charge in [0.15, 0.2) is 11.0 Å². The van der Waals surface area contributed by atoms with Crippen LogP contribution in [0.5, 0.6) is 0 Å². The predicted octanol–water partition coefficient (Wildman–Crippen LogP) is 3.73. The number of anilines is 1. The summed E-state index contributed by atoms with van der Waals surface area (Å²) in [5, 5.41) is 12.0. The number of carbonyl (C=O) groups excluding carboxylic acids is 1. The van der Waals surface area contributed by atoms with E-state index in [2.05, 4.69) is 34.3 Å². The van der Waals surface area contributed by atoms with Gasteiger partial charge in [-0.25, -0.2) is 0 Å². The van der Waals surface area contributed by atoms with Crippen molar-refractivity contribution >= 4 is 23.4 Å². The van der Waals surface area contributed by atoms with Gasteiger partial charge < -0.3 is 9.88 Å². The first-order valence-electron chi connectivity index (χ1n) is 8.37. The fourth-order valence-electron chi connectivity index (χ4n) is 2.47. The van der Waals surface area contributed by atoms with Gasteiger partial charge in [0, 0.05) is 30.7 Å². The van der Waals surface area contributed by atoms with Gasteiger partial charge in [0.2, 0.25) is 5.91 Å². The Kier molecular flexibility index (Phi) is 5.68. The zero-order valence-electron chi connectivity index (χ0n) is 15.0. The van der Waals surface area contributed by atoms with E-state index in [9.17, 15) is 4.79 Å². The summed E-state index contributed by atoms with van der Waals surface area (Å²) in [6.07, 6.45) is 3.46. The molecule has 1 aromatic carbocycles. The molecule has 0 fully saturated rings. The molecule has 134 valence electrons. The number of nitrogens with zero attached hydrogens (tertiary/aromatic N) is 4. The Morgan fingerprint density at radius 2 is 1.96 bits per heavy atom. The standard InChI is InChI=1S/C19H21N5OS/c1-13(2)14-6-8-16(9-7-14)21-17(25)12-26-19-23-22-18(24(19)3)15-5-4-10-20-11-15/h4-11,13H,12H2,1-3H3,(H,21,25). The number of nitrogens with one attached hydrogen (secondary N) is 1. The third-order valence-corrected chi connectivity index (χ3v) is 4.97. The number of amides is 1. The van der Waals surface area contributed by atoms with E-state index in [4.69, 9.17) is 0 Å². The van der Waals surface area contributed by atoms with E-state index in [0.717, 1.165) is 17.1 Å². The topological polar surface area (TPSA) is 72.7 Å². The van der Waals surface area contributed by atoms with Crippen LogP contribution in [0.1, 0.15) is 25.3 Å². The van der Waals surface area contributed by atoms with Crippen LogP contribution in [-0.2, 0) is 11.8 Å². The molecule has 0 aliphatic heterocycles. The third kappa shape index (κ3) is 4.29. The summed E-state index contributed by atoms with van der Waals surface area (Å²) in [7, 11) is 1.88. The van der Waals surface area contributed by atoms with Crippen molar-refractivity contribution in [3.63, 3.8) is 0 Å². The first-order valence-corrected chi connectivity index (χ1v) is 9.35. The van der Waals surface area contributed by atoms with Gasteiger partial charge in [0.25, 0.3) is 0 Å². The lowest BCUT2D eigenvalue weighted by Gasteiger charge is -2.08. The molecule has 7 heteroatoms. The maximum absolute atomic E-state index is 12.2. The Morgan fingerprint density at radius 1 is 1.19 bits per heavy atom. The summed E-state index contributed by atoms with van der Waals surface area (Å²) < 4.78 is 1.87. The van der Waals surface area contributed by atoms with Gasteiger partial charge in [-0.3, -0.25) is 9.78 Å². The molecule has 0 saturated heterocycles. The van der Waals surface area contributed by atoms with Crippen molar-refractivity contribution in [2.75, 3.05) is 11.1 Å². The van der Waals surface area contributed by atoms with E-state index in [1.807, 2.05) is 48.0 Å². The Labute approximate surface area is 157 Å². The summed E-state index contributed by atoms with van der Waals surface area (Å²) in [5.41, 5.74) is 2.94. The minimum absolute atomic E-state index is 0.0711. The highest BCUT2D eigenvalue weighted by atomic mass is 32.2. The SMILES string of the molecule is CC(C)c1ccc(NC(=O)CSc2nnc(-c3cccnc3)n2C)cc1. The molecule has 3 rings (SSSR count). The second kappa shape index (κ2) is 8.14. The minimum Gasteiger partial charge on any atom is -0.325 e. The normalized spacial score (nSPS) is 10.9. The molecule has 0 atom stereocenters. The van der Waals surface area contributed by atoms with E-state index in [1.165, 1.54) is 17.3 Å². The van der Waals surface area contributed by atoms with Crippen LogP contribution in [0.25, 0.3) is 11.4 Å². The number of carbonyl (C=O) groups is 1. The van der Waals surface area contributed by atoms with Crippen LogP contribution in [-0.4, -0.2) is 31.4 Å². The molecule has 2 heterocycles. The Morgan fingerprint density at radius 3 is 2.62 bits per heavy atom. The molecule has 1 N–H and O–H groups in total. The predicted molar refractivity (Wildman–Crippen MR) is 104 cm³/mol. The summed E-state index contributed by atoms with van der Waals surface area (Å²) in [5.74, 6) is 1.40. The average Bonchev–Trinajstić information content (AvgIpc) is 3.02. The third-order valence-electron chi connectivity index (χ3n) is 3.95. The maximum Gasteiger partial charge on any atom is 0.234 e. The molecule has 0 aliphatic rings. The number of rotatable bonds is 6. The van der Waals surface area contributed by atoms with Crippen molar-refractivity contribution in [2.24, 2.45) is 7.05 Å². The second-order valence-corrected chi connectivity index (χ2v) is 7.16. The fourth-order valence-corrected chi connectivity index (χ4v) is 3.18. The molecule has 1 amide bonds. The molecule has 2 aromatic heterocycles. The number of pyridine rings is 1. The first kappa shape index (κ1) is 18.1. The quantitative estimate of drug-likeness (QED) is 0.672. The van der Waals surface area contributed by atoms with Gasteiger partial charge in [-0.1, -0.05) is 37.7 Å². The molecule has 0 spiro atoms.